The SMILES string of the molecule is Cc1cc(NC(=O)CN2CCN(C(=O)c3cccs3)CC2)no1. The summed E-state index contributed by atoms with van der Waals surface area (Å²) in [6, 6.07) is 5.40. The molecule has 1 N–H and O–H groups in total. The number of aromatic nitrogens is 1. The summed E-state index contributed by atoms with van der Waals surface area (Å²) in [7, 11) is 0. The highest BCUT2D eigenvalue weighted by Gasteiger charge is 2.23. The number of aryl methyl sites for hydroxylation is 1. The molecule has 0 aromatic carbocycles. The highest BCUT2D eigenvalue weighted by molar-refractivity contribution is 7.12. The zero-order valence-electron chi connectivity index (χ0n) is 12.8. The molecule has 23 heavy (non-hydrogen) atoms. The summed E-state index contributed by atoms with van der Waals surface area (Å²) in [6.07, 6.45) is 0. The molecule has 2 amide bonds. The molecule has 3 rings (SSSR count). The third kappa shape index (κ3) is 3.96. The van der Waals surface area contributed by atoms with Crippen LogP contribution in [-0.4, -0.2) is 59.5 Å². The van der Waals surface area contributed by atoms with Gasteiger partial charge >= 0.3 is 0 Å². The lowest BCUT2D eigenvalue weighted by molar-refractivity contribution is -0.117. The van der Waals surface area contributed by atoms with E-state index in [0.717, 1.165) is 4.88 Å². The minimum atomic E-state index is -0.128. The molecule has 0 unspecified atom stereocenters. The predicted octanol–water partition coefficient (Wildman–Crippen LogP) is 1.44. The summed E-state index contributed by atoms with van der Waals surface area (Å²) in [5.74, 6) is 1.03. The first-order chi connectivity index (χ1) is 11.1. The van der Waals surface area contributed by atoms with Crippen LogP contribution in [0, 0.1) is 6.92 Å². The van der Waals surface area contributed by atoms with Crippen molar-refractivity contribution >= 4 is 29.0 Å². The Hall–Kier alpha value is -2.19. The van der Waals surface area contributed by atoms with Gasteiger partial charge in [-0.2, -0.15) is 0 Å². The molecular weight excluding hydrogens is 316 g/mol. The summed E-state index contributed by atoms with van der Waals surface area (Å²) >= 11 is 1.45. The van der Waals surface area contributed by atoms with Crippen LogP contribution in [0.15, 0.2) is 28.1 Å². The molecule has 8 heteroatoms. The number of carbonyl (C=O) groups excluding carboxylic acids is 2. The molecule has 0 atom stereocenters. The van der Waals surface area contributed by atoms with E-state index in [1.54, 1.807) is 13.0 Å². The second kappa shape index (κ2) is 6.93. The number of nitrogens with one attached hydrogen (secondary N) is 1. The molecular formula is C15H18N4O3S. The van der Waals surface area contributed by atoms with Crippen molar-refractivity contribution in [3.05, 3.63) is 34.2 Å². The van der Waals surface area contributed by atoms with Crippen molar-refractivity contribution in [2.45, 2.75) is 6.92 Å². The van der Waals surface area contributed by atoms with Gasteiger partial charge in [0.2, 0.25) is 5.91 Å². The molecule has 2 aromatic heterocycles. The molecule has 0 saturated carbocycles. The van der Waals surface area contributed by atoms with Gasteiger partial charge in [-0.25, -0.2) is 0 Å². The van der Waals surface area contributed by atoms with Gasteiger partial charge in [-0.05, 0) is 18.4 Å². The second-order valence-corrected chi connectivity index (χ2v) is 6.36. The normalized spacial score (nSPS) is 15.6. The van der Waals surface area contributed by atoms with Crippen molar-refractivity contribution in [3.63, 3.8) is 0 Å². The van der Waals surface area contributed by atoms with Crippen molar-refractivity contribution in [3.8, 4) is 0 Å². The first-order valence-corrected chi connectivity index (χ1v) is 8.28. The fourth-order valence-electron chi connectivity index (χ4n) is 2.48. The maximum absolute atomic E-state index is 12.3. The Kier molecular flexibility index (Phi) is 4.73. The minimum Gasteiger partial charge on any atom is -0.360 e. The Morgan fingerprint density at radius 3 is 2.74 bits per heavy atom. The molecule has 2 aromatic rings. The van der Waals surface area contributed by atoms with Crippen LogP contribution in [-0.2, 0) is 4.79 Å². The lowest BCUT2D eigenvalue weighted by Crippen LogP contribution is -2.50. The Morgan fingerprint density at radius 1 is 1.35 bits per heavy atom. The zero-order valence-corrected chi connectivity index (χ0v) is 13.6. The number of amides is 2. The summed E-state index contributed by atoms with van der Waals surface area (Å²) in [5.41, 5.74) is 0. The third-order valence-electron chi connectivity index (χ3n) is 3.65. The van der Waals surface area contributed by atoms with Crippen LogP contribution >= 0.6 is 11.3 Å². The van der Waals surface area contributed by atoms with Gasteiger partial charge in [0.25, 0.3) is 5.91 Å². The molecule has 1 aliphatic heterocycles. The molecule has 1 fully saturated rings. The van der Waals surface area contributed by atoms with Gasteiger partial charge in [0.05, 0.1) is 11.4 Å². The van der Waals surface area contributed by atoms with E-state index in [-0.39, 0.29) is 18.4 Å². The Balaban J connectivity index is 1.45. The maximum Gasteiger partial charge on any atom is 0.264 e. The van der Waals surface area contributed by atoms with Crippen LogP contribution in [0.3, 0.4) is 0 Å². The Labute approximate surface area is 137 Å². The van der Waals surface area contributed by atoms with Gasteiger partial charge in [-0.3, -0.25) is 14.5 Å². The quantitative estimate of drug-likeness (QED) is 0.915. The molecule has 1 saturated heterocycles. The lowest BCUT2D eigenvalue weighted by atomic mass is 10.3. The van der Waals surface area contributed by atoms with Gasteiger partial charge < -0.3 is 14.7 Å². The highest BCUT2D eigenvalue weighted by atomic mass is 32.1. The number of carbonyl (C=O) groups is 2. The fourth-order valence-corrected chi connectivity index (χ4v) is 3.17. The van der Waals surface area contributed by atoms with Gasteiger partial charge in [0, 0.05) is 32.2 Å². The van der Waals surface area contributed by atoms with E-state index in [0.29, 0.717) is 37.8 Å². The standard InChI is InChI=1S/C15H18N4O3S/c1-11-9-13(17-22-11)16-14(20)10-18-4-6-19(7-5-18)15(21)12-3-2-8-23-12/h2-3,8-9H,4-7,10H2,1H3,(H,16,17,20). The van der Waals surface area contributed by atoms with Crippen LogP contribution < -0.4 is 5.32 Å². The van der Waals surface area contributed by atoms with Crippen LogP contribution in [0.4, 0.5) is 5.82 Å². The van der Waals surface area contributed by atoms with Crippen LogP contribution in [0.1, 0.15) is 15.4 Å². The minimum absolute atomic E-state index is 0.0715. The van der Waals surface area contributed by atoms with Gasteiger partial charge in [-0.15, -0.1) is 11.3 Å². The van der Waals surface area contributed by atoms with E-state index in [1.165, 1.54) is 11.3 Å². The number of rotatable bonds is 4. The summed E-state index contributed by atoms with van der Waals surface area (Å²) < 4.78 is 4.91. The second-order valence-electron chi connectivity index (χ2n) is 5.42. The molecule has 122 valence electrons. The van der Waals surface area contributed by atoms with Crippen LogP contribution in [0.25, 0.3) is 0 Å². The van der Waals surface area contributed by atoms with E-state index in [4.69, 9.17) is 4.52 Å². The largest absolute Gasteiger partial charge is 0.360 e. The number of hydrogen-bond donors (Lipinski definition) is 1. The van der Waals surface area contributed by atoms with E-state index in [1.807, 2.05) is 27.3 Å². The van der Waals surface area contributed by atoms with E-state index in [2.05, 4.69) is 10.5 Å². The average Bonchev–Trinajstić information content (AvgIpc) is 3.19. The zero-order chi connectivity index (χ0) is 16.2. The molecule has 3 heterocycles. The summed E-state index contributed by atoms with van der Waals surface area (Å²) in [6.45, 7) is 4.68. The third-order valence-corrected chi connectivity index (χ3v) is 4.51. The molecule has 0 radical (unpaired) electrons. The highest BCUT2D eigenvalue weighted by Crippen LogP contribution is 2.14. The van der Waals surface area contributed by atoms with Gasteiger partial charge in [0.1, 0.15) is 5.76 Å². The van der Waals surface area contributed by atoms with Crippen molar-refractivity contribution in [2.75, 3.05) is 38.0 Å². The summed E-state index contributed by atoms with van der Waals surface area (Å²) in [4.78, 5) is 28.9. The Morgan fingerprint density at radius 2 is 2.13 bits per heavy atom. The van der Waals surface area contributed by atoms with Crippen molar-refractivity contribution < 1.29 is 14.1 Å². The van der Waals surface area contributed by atoms with Gasteiger partial charge in [-0.1, -0.05) is 11.2 Å². The first-order valence-electron chi connectivity index (χ1n) is 7.40. The number of anilines is 1. The smallest absolute Gasteiger partial charge is 0.264 e. The lowest BCUT2D eigenvalue weighted by Gasteiger charge is -2.34. The monoisotopic (exact) mass is 334 g/mol. The average molecular weight is 334 g/mol. The number of nitrogens with zero attached hydrogens (tertiary/aromatic N) is 3. The topological polar surface area (TPSA) is 78.7 Å². The summed E-state index contributed by atoms with van der Waals surface area (Å²) in [5, 5.41) is 8.34. The number of thiophene rings is 1. The molecule has 7 nitrogen and oxygen atoms in total. The van der Waals surface area contributed by atoms with E-state index < -0.39 is 0 Å². The van der Waals surface area contributed by atoms with Crippen LogP contribution in [0.5, 0.6) is 0 Å². The van der Waals surface area contributed by atoms with E-state index in [9.17, 15) is 9.59 Å². The Bertz CT molecular complexity index is 675. The number of piperazine rings is 1. The molecule has 0 spiro atoms. The first kappa shape index (κ1) is 15.7. The van der Waals surface area contributed by atoms with Gasteiger partial charge in [0.15, 0.2) is 5.82 Å². The molecule has 0 bridgehead atoms. The number of hydrogen-bond acceptors (Lipinski definition) is 6. The molecule has 1 aliphatic rings. The predicted molar refractivity (Wildman–Crippen MR) is 86.5 cm³/mol. The van der Waals surface area contributed by atoms with Crippen molar-refractivity contribution in [1.82, 2.24) is 15.0 Å². The van der Waals surface area contributed by atoms with E-state index >= 15 is 0 Å². The van der Waals surface area contributed by atoms with Crippen LogP contribution in [0.2, 0.25) is 0 Å². The maximum atomic E-state index is 12.3. The van der Waals surface area contributed by atoms with Crippen molar-refractivity contribution in [2.24, 2.45) is 0 Å². The fraction of sp³-hybridized carbons (Fsp3) is 0.400. The van der Waals surface area contributed by atoms with Crippen molar-refractivity contribution in [1.29, 1.82) is 0 Å². The molecule has 0 aliphatic carbocycles.